The first-order chi connectivity index (χ1) is 13.2. The predicted molar refractivity (Wildman–Crippen MR) is 103 cm³/mol. The second-order valence-electron chi connectivity index (χ2n) is 6.84. The lowest BCUT2D eigenvalue weighted by molar-refractivity contribution is 0.0322. The van der Waals surface area contributed by atoms with Crippen LogP contribution in [-0.4, -0.2) is 59.3 Å². The molecule has 1 fully saturated rings. The number of nitrogens with zero attached hydrogens (tertiary/aromatic N) is 2. The van der Waals surface area contributed by atoms with E-state index in [0.717, 1.165) is 25.9 Å². The number of β-amino-alcohol motifs (C(OH)–C–C–N with tert-alkyl or cyclic N) is 1. The number of hydrogen-bond acceptors (Lipinski definition) is 5. The molecule has 0 unspecified atom stereocenters. The van der Waals surface area contributed by atoms with Crippen molar-refractivity contribution in [2.24, 2.45) is 0 Å². The van der Waals surface area contributed by atoms with Gasteiger partial charge in [-0.25, -0.2) is 0 Å². The van der Waals surface area contributed by atoms with Gasteiger partial charge in [-0.05, 0) is 30.5 Å². The van der Waals surface area contributed by atoms with Crippen molar-refractivity contribution in [2.45, 2.75) is 31.6 Å². The summed E-state index contributed by atoms with van der Waals surface area (Å²) in [5, 5.41) is 13.3. The van der Waals surface area contributed by atoms with Crippen LogP contribution < -0.4 is 5.32 Å². The van der Waals surface area contributed by atoms with Crippen LogP contribution in [0.25, 0.3) is 0 Å². The number of carbonyl (C=O) groups is 1. The fourth-order valence-electron chi connectivity index (χ4n) is 3.26. The Kier molecular flexibility index (Phi) is 7.33. The zero-order chi connectivity index (χ0) is 18.9. The van der Waals surface area contributed by atoms with Crippen molar-refractivity contribution in [3.8, 4) is 0 Å². The van der Waals surface area contributed by atoms with Gasteiger partial charge < -0.3 is 20.1 Å². The Labute approximate surface area is 160 Å². The van der Waals surface area contributed by atoms with Gasteiger partial charge in [0.1, 0.15) is 5.69 Å². The molecular weight excluding hydrogens is 342 g/mol. The van der Waals surface area contributed by atoms with Crippen LogP contribution in [0.4, 0.5) is 0 Å². The first-order valence-electron chi connectivity index (χ1n) is 9.46. The predicted octanol–water partition coefficient (Wildman–Crippen LogP) is 1.85. The number of aromatic nitrogens is 1. The van der Waals surface area contributed by atoms with Crippen LogP contribution in [0.2, 0.25) is 0 Å². The fraction of sp³-hybridized carbons (Fsp3) is 0.429. The number of aliphatic hydroxyl groups excluding tert-OH is 1. The highest BCUT2D eigenvalue weighted by molar-refractivity contribution is 5.92. The zero-order valence-electron chi connectivity index (χ0n) is 15.5. The van der Waals surface area contributed by atoms with Gasteiger partial charge in [0.2, 0.25) is 0 Å². The quantitative estimate of drug-likeness (QED) is 0.695. The van der Waals surface area contributed by atoms with Gasteiger partial charge in [-0.1, -0.05) is 36.4 Å². The van der Waals surface area contributed by atoms with Crippen molar-refractivity contribution < 1.29 is 14.6 Å². The van der Waals surface area contributed by atoms with Crippen LogP contribution in [-0.2, 0) is 11.3 Å². The highest BCUT2D eigenvalue weighted by Crippen LogP contribution is 2.12. The summed E-state index contributed by atoms with van der Waals surface area (Å²) in [5.41, 5.74) is 1.56. The minimum absolute atomic E-state index is 0.231. The molecule has 1 saturated heterocycles. The Morgan fingerprint density at radius 1 is 1.22 bits per heavy atom. The molecule has 144 valence electrons. The molecule has 2 aromatic rings. The molecule has 1 amide bonds. The second-order valence-corrected chi connectivity index (χ2v) is 6.84. The molecule has 2 N–H and O–H groups in total. The molecule has 27 heavy (non-hydrogen) atoms. The lowest BCUT2D eigenvalue weighted by atomic mass is 10.0. The van der Waals surface area contributed by atoms with Crippen LogP contribution >= 0.6 is 0 Å². The first kappa shape index (κ1) is 19.5. The molecule has 2 heterocycles. The van der Waals surface area contributed by atoms with Gasteiger partial charge in [0, 0.05) is 32.4 Å². The van der Waals surface area contributed by atoms with Gasteiger partial charge in [0.25, 0.3) is 5.91 Å². The van der Waals surface area contributed by atoms with E-state index in [2.05, 4.69) is 27.3 Å². The smallest absolute Gasteiger partial charge is 0.270 e. The van der Waals surface area contributed by atoms with Crippen molar-refractivity contribution in [3.63, 3.8) is 0 Å². The number of ether oxygens (including phenoxy) is 1. The van der Waals surface area contributed by atoms with E-state index >= 15 is 0 Å². The van der Waals surface area contributed by atoms with E-state index in [1.807, 2.05) is 18.2 Å². The van der Waals surface area contributed by atoms with Gasteiger partial charge >= 0.3 is 0 Å². The summed E-state index contributed by atoms with van der Waals surface area (Å²) in [6, 6.07) is 15.1. The lowest BCUT2D eigenvalue weighted by Gasteiger charge is -2.36. The van der Waals surface area contributed by atoms with Crippen molar-refractivity contribution in [1.82, 2.24) is 15.2 Å². The maximum atomic E-state index is 12.2. The number of likely N-dealkylation sites (tertiary alicyclic amines) is 1. The molecule has 0 aliphatic carbocycles. The number of nitrogens with one attached hydrogen (secondary N) is 1. The molecule has 1 aromatic carbocycles. The van der Waals surface area contributed by atoms with Gasteiger partial charge in [-0.15, -0.1) is 0 Å². The number of amides is 1. The van der Waals surface area contributed by atoms with Gasteiger partial charge in [0.15, 0.2) is 0 Å². The average Bonchev–Trinajstić information content (AvgIpc) is 2.71. The van der Waals surface area contributed by atoms with Crippen molar-refractivity contribution in [1.29, 1.82) is 0 Å². The Morgan fingerprint density at radius 3 is 2.78 bits per heavy atom. The Hall–Kier alpha value is -2.28. The Morgan fingerprint density at radius 2 is 2.04 bits per heavy atom. The lowest BCUT2D eigenvalue weighted by Crippen LogP contribution is -2.54. The number of rotatable bonds is 8. The largest absolute Gasteiger partial charge is 0.390 e. The van der Waals surface area contributed by atoms with Crippen LogP contribution in [0.15, 0.2) is 54.7 Å². The summed E-state index contributed by atoms with van der Waals surface area (Å²) < 4.78 is 5.71. The third kappa shape index (κ3) is 6.13. The SMILES string of the molecule is O=C(N[C@@H]1CCN(CCCOCc2ccccc2)C[C@H]1O)c1ccccn1. The molecule has 1 aromatic heterocycles. The molecular formula is C21H27N3O3. The number of aliphatic hydroxyl groups is 1. The number of pyridine rings is 1. The summed E-state index contributed by atoms with van der Waals surface area (Å²) in [6.07, 6.45) is 2.67. The number of hydrogen-bond donors (Lipinski definition) is 2. The molecule has 2 atom stereocenters. The van der Waals surface area contributed by atoms with Crippen molar-refractivity contribution in [2.75, 3.05) is 26.2 Å². The van der Waals surface area contributed by atoms with Gasteiger partial charge in [-0.2, -0.15) is 0 Å². The van der Waals surface area contributed by atoms with E-state index in [9.17, 15) is 9.90 Å². The van der Waals surface area contributed by atoms with E-state index in [-0.39, 0.29) is 11.9 Å². The molecule has 6 nitrogen and oxygen atoms in total. The topological polar surface area (TPSA) is 74.7 Å². The number of piperidine rings is 1. The van der Waals surface area contributed by atoms with Crippen LogP contribution in [0.5, 0.6) is 0 Å². The summed E-state index contributed by atoms with van der Waals surface area (Å²) in [4.78, 5) is 18.5. The minimum atomic E-state index is -0.573. The monoisotopic (exact) mass is 369 g/mol. The van der Waals surface area contributed by atoms with E-state index in [4.69, 9.17) is 4.74 Å². The third-order valence-electron chi connectivity index (χ3n) is 4.75. The molecule has 1 aliphatic rings. The maximum absolute atomic E-state index is 12.2. The van der Waals surface area contributed by atoms with Crippen LogP contribution in [0.1, 0.15) is 28.9 Å². The minimum Gasteiger partial charge on any atom is -0.390 e. The summed E-state index contributed by atoms with van der Waals surface area (Å²) >= 11 is 0. The summed E-state index contributed by atoms with van der Waals surface area (Å²) in [6.45, 7) is 3.62. The number of benzene rings is 1. The first-order valence-corrected chi connectivity index (χ1v) is 9.46. The molecule has 1 aliphatic heterocycles. The summed E-state index contributed by atoms with van der Waals surface area (Å²) in [5.74, 6) is -0.234. The van der Waals surface area contributed by atoms with E-state index < -0.39 is 6.10 Å². The van der Waals surface area contributed by atoms with Crippen molar-refractivity contribution >= 4 is 5.91 Å². The highest BCUT2D eigenvalue weighted by atomic mass is 16.5. The molecule has 3 rings (SSSR count). The average molecular weight is 369 g/mol. The van der Waals surface area contributed by atoms with Crippen LogP contribution in [0, 0.1) is 0 Å². The second kappa shape index (κ2) is 10.2. The molecule has 6 heteroatoms. The summed E-state index contributed by atoms with van der Waals surface area (Å²) in [7, 11) is 0. The normalized spacial score (nSPS) is 20.3. The molecule has 0 radical (unpaired) electrons. The standard InChI is InChI=1S/C21H27N3O3/c25-20-15-24(12-6-14-27-16-17-7-2-1-3-8-17)13-10-18(20)23-21(26)19-9-4-5-11-22-19/h1-5,7-9,11,18,20,25H,6,10,12-16H2,(H,23,26)/t18-,20-/m1/s1. The van der Waals surface area contributed by atoms with Crippen molar-refractivity contribution in [3.05, 3.63) is 66.0 Å². The zero-order valence-corrected chi connectivity index (χ0v) is 15.5. The number of carbonyl (C=O) groups excluding carboxylic acids is 1. The molecule has 0 spiro atoms. The molecule has 0 saturated carbocycles. The van der Waals surface area contributed by atoms with Gasteiger partial charge in [-0.3, -0.25) is 9.78 Å². The van der Waals surface area contributed by atoms with E-state index in [1.165, 1.54) is 5.56 Å². The highest BCUT2D eigenvalue weighted by Gasteiger charge is 2.28. The Bertz CT molecular complexity index is 696. The Balaban J connectivity index is 1.33. The van der Waals surface area contributed by atoms with E-state index in [1.54, 1.807) is 24.4 Å². The third-order valence-corrected chi connectivity index (χ3v) is 4.75. The van der Waals surface area contributed by atoms with Crippen LogP contribution in [0.3, 0.4) is 0 Å². The molecule has 0 bridgehead atoms. The van der Waals surface area contributed by atoms with E-state index in [0.29, 0.717) is 25.5 Å². The van der Waals surface area contributed by atoms with Gasteiger partial charge in [0.05, 0.1) is 18.8 Å². The fourth-order valence-corrected chi connectivity index (χ4v) is 3.26. The maximum Gasteiger partial charge on any atom is 0.270 e.